The molecule has 0 amide bonds. The molecular weight excluding hydrogens is 343 g/mol. The van der Waals surface area contributed by atoms with Crippen LogP contribution in [0.4, 0.5) is 10.1 Å². The van der Waals surface area contributed by atoms with Gasteiger partial charge in [0.2, 0.25) is 0 Å². The lowest BCUT2D eigenvalue weighted by Gasteiger charge is -2.03. The van der Waals surface area contributed by atoms with Gasteiger partial charge < -0.3 is 0 Å². The Bertz CT molecular complexity index is 851. The van der Waals surface area contributed by atoms with Crippen LogP contribution in [0.15, 0.2) is 34.1 Å². The van der Waals surface area contributed by atoms with E-state index in [1.165, 1.54) is 23.3 Å². The minimum atomic E-state index is -0.571. The monoisotopic (exact) mass is 352 g/mol. The van der Waals surface area contributed by atoms with Crippen molar-refractivity contribution in [1.82, 2.24) is 36.0 Å². The first kappa shape index (κ1) is 16.0. The summed E-state index contributed by atoms with van der Waals surface area (Å²) in [7, 11) is 0. The predicted molar refractivity (Wildman–Crippen MR) is 78.3 cm³/mol. The third-order valence-electron chi connectivity index (χ3n) is 2.97. The Hall–Kier alpha value is -2.92. The molecule has 0 bridgehead atoms. The number of halogens is 2. The molecule has 2 aromatic heterocycles. The molecule has 1 aromatic carbocycles. The summed E-state index contributed by atoms with van der Waals surface area (Å²) in [4.78, 5) is 5.48. The number of rotatable bonds is 5. The van der Waals surface area contributed by atoms with Crippen molar-refractivity contribution in [2.45, 2.75) is 13.0 Å². The van der Waals surface area contributed by atoms with Gasteiger partial charge in [-0.25, -0.2) is 14.0 Å². The lowest BCUT2D eigenvalue weighted by atomic mass is 10.2. The molecule has 0 atom stereocenters. The molecule has 0 aliphatic carbocycles. The zero-order chi connectivity index (χ0) is 16.9. The van der Waals surface area contributed by atoms with Crippen LogP contribution in [0.25, 0.3) is 0 Å². The van der Waals surface area contributed by atoms with E-state index in [4.69, 9.17) is 16.2 Å². The van der Waals surface area contributed by atoms with Crippen LogP contribution < -0.4 is 5.48 Å². The van der Waals surface area contributed by atoms with Crippen molar-refractivity contribution in [3.8, 4) is 0 Å². The maximum Gasteiger partial charge on any atom is 0.181 e. The fraction of sp³-hybridized carbons (Fsp3) is 0.167. The Labute approximate surface area is 138 Å². The molecule has 0 aliphatic rings. The van der Waals surface area contributed by atoms with Gasteiger partial charge in [0, 0.05) is 6.42 Å². The highest BCUT2D eigenvalue weighted by Crippen LogP contribution is 2.22. The number of benzene rings is 1. The van der Waals surface area contributed by atoms with Crippen LogP contribution in [0.2, 0.25) is 5.02 Å². The van der Waals surface area contributed by atoms with Crippen molar-refractivity contribution in [2.24, 2.45) is 4.99 Å². The average molecular weight is 353 g/mol. The minimum absolute atomic E-state index is 0.0273. The van der Waals surface area contributed by atoms with Gasteiger partial charge in [0.25, 0.3) is 0 Å². The Morgan fingerprint density at radius 2 is 2.29 bits per heavy atom. The van der Waals surface area contributed by atoms with Crippen LogP contribution in [0.3, 0.4) is 0 Å². The number of aryl methyl sites for hydroxylation is 2. The van der Waals surface area contributed by atoms with Gasteiger partial charge in [-0.1, -0.05) is 16.8 Å². The van der Waals surface area contributed by atoms with E-state index in [9.17, 15) is 9.60 Å². The zero-order valence-corrected chi connectivity index (χ0v) is 12.7. The summed E-state index contributed by atoms with van der Waals surface area (Å²) in [5.41, 5.74) is 2.84. The van der Waals surface area contributed by atoms with E-state index in [1.807, 2.05) is 5.48 Å². The van der Waals surface area contributed by atoms with Crippen LogP contribution in [0, 0.1) is 5.82 Å². The molecule has 0 radical (unpaired) electrons. The van der Waals surface area contributed by atoms with Crippen LogP contribution in [0.5, 0.6) is 0 Å². The normalized spacial score (nSPS) is 11.7. The van der Waals surface area contributed by atoms with E-state index < -0.39 is 5.82 Å². The molecule has 10 nitrogen and oxygen atoms in total. The van der Waals surface area contributed by atoms with Crippen LogP contribution in [-0.2, 0) is 13.0 Å². The summed E-state index contributed by atoms with van der Waals surface area (Å²) in [5, 5.41) is 27.9. The lowest BCUT2D eigenvalue weighted by molar-refractivity contribution is 0.234. The van der Waals surface area contributed by atoms with Crippen LogP contribution >= 0.6 is 11.6 Å². The van der Waals surface area contributed by atoms with E-state index in [1.54, 1.807) is 0 Å². The molecule has 24 heavy (non-hydrogen) atoms. The van der Waals surface area contributed by atoms with Gasteiger partial charge in [-0.3, -0.25) is 10.7 Å². The summed E-state index contributed by atoms with van der Waals surface area (Å²) >= 11 is 5.71. The molecule has 0 saturated carbocycles. The standard InChI is InChI=1S/C12H10ClFN8O2/c13-8-5-7(1-2-9(8)14)17-12(18-23)11-10(19-24-20-11)3-4-22-16-6-15-21-22/h1-2,5-6,23H,3-4H2,(H,17,18). The number of nitrogens with zero attached hydrogens (tertiary/aromatic N) is 7. The number of hydrogen-bond acceptors (Lipinski definition) is 8. The Kier molecular flexibility index (Phi) is 4.72. The topological polar surface area (TPSA) is 127 Å². The molecule has 0 saturated heterocycles. The van der Waals surface area contributed by atoms with Crippen LogP contribution in [-0.4, -0.2) is 41.6 Å². The highest BCUT2D eigenvalue weighted by atomic mass is 35.5. The molecule has 124 valence electrons. The summed E-state index contributed by atoms with van der Waals surface area (Å²) in [6, 6.07) is 3.86. The summed E-state index contributed by atoms with van der Waals surface area (Å²) in [6.07, 6.45) is 1.67. The maximum atomic E-state index is 13.2. The van der Waals surface area contributed by atoms with Crippen LogP contribution in [0.1, 0.15) is 11.4 Å². The van der Waals surface area contributed by atoms with Crippen molar-refractivity contribution >= 4 is 23.1 Å². The number of aromatic nitrogens is 6. The first-order chi connectivity index (χ1) is 11.7. The first-order valence-electron chi connectivity index (χ1n) is 6.64. The van der Waals surface area contributed by atoms with Gasteiger partial charge in [-0.05, 0) is 28.6 Å². The maximum absolute atomic E-state index is 13.2. The lowest BCUT2D eigenvalue weighted by Crippen LogP contribution is -2.22. The van der Waals surface area contributed by atoms with E-state index in [2.05, 4.69) is 30.7 Å². The number of nitrogens with one attached hydrogen (secondary N) is 1. The molecule has 3 aromatic rings. The molecule has 0 unspecified atom stereocenters. The number of hydroxylamine groups is 1. The largest absolute Gasteiger partial charge is 0.290 e. The highest BCUT2D eigenvalue weighted by molar-refractivity contribution is 6.31. The van der Waals surface area contributed by atoms with Gasteiger partial charge in [0.1, 0.15) is 11.5 Å². The van der Waals surface area contributed by atoms with E-state index >= 15 is 0 Å². The average Bonchev–Trinajstić information content (AvgIpc) is 3.25. The molecule has 0 spiro atoms. The van der Waals surface area contributed by atoms with Gasteiger partial charge in [0.05, 0.1) is 17.3 Å². The second-order valence-corrected chi connectivity index (χ2v) is 4.92. The molecule has 12 heteroatoms. The zero-order valence-electron chi connectivity index (χ0n) is 12.0. The fourth-order valence-corrected chi connectivity index (χ4v) is 2.04. The summed E-state index contributed by atoms with van der Waals surface area (Å²) < 4.78 is 17.9. The van der Waals surface area contributed by atoms with Crippen molar-refractivity contribution in [3.05, 3.63) is 46.8 Å². The van der Waals surface area contributed by atoms with Crippen molar-refractivity contribution < 1.29 is 14.2 Å². The van der Waals surface area contributed by atoms with Gasteiger partial charge in [-0.2, -0.15) is 4.80 Å². The second-order valence-electron chi connectivity index (χ2n) is 4.51. The van der Waals surface area contributed by atoms with Crippen molar-refractivity contribution in [3.63, 3.8) is 0 Å². The fourth-order valence-electron chi connectivity index (χ4n) is 1.86. The summed E-state index contributed by atoms with van der Waals surface area (Å²) in [6.45, 7) is 0.377. The predicted octanol–water partition coefficient (Wildman–Crippen LogP) is 1.15. The molecular formula is C12H10ClFN8O2. The van der Waals surface area contributed by atoms with Gasteiger partial charge in [0.15, 0.2) is 17.9 Å². The third kappa shape index (κ3) is 3.52. The SMILES string of the molecule is ONC(=Nc1ccc(F)c(Cl)c1)c1nonc1CCn1ncnn1. The van der Waals surface area contributed by atoms with E-state index in [-0.39, 0.29) is 16.6 Å². The molecule has 0 aliphatic heterocycles. The highest BCUT2D eigenvalue weighted by Gasteiger charge is 2.17. The smallest absolute Gasteiger partial charge is 0.181 e. The molecule has 3 rings (SSSR count). The molecule has 2 N–H and O–H groups in total. The first-order valence-corrected chi connectivity index (χ1v) is 7.01. The number of aliphatic imine (C=N–C) groups is 1. The minimum Gasteiger partial charge on any atom is -0.290 e. The third-order valence-corrected chi connectivity index (χ3v) is 3.26. The quantitative estimate of drug-likeness (QED) is 0.397. The second kappa shape index (κ2) is 7.10. The number of tetrazole rings is 1. The van der Waals surface area contributed by atoms with E-state index in [0.717, 1.165) is 6.07 Å². The van der Waals surface area contributed by atoms with Crippen molar-refractivity contribution in [2.75, 3.05) is 0 Å². The molecule has 0 fully saturated rings. The van der Waals surface area contributed by atoms with E-state index in [0.29, 0.717) is 24.3 Å². The Morgan fingerprint density at radius 3 is 3.00 bits per heavy atom. The number of hydrogen-bond donors (Lipinski definition) is 2. The van der Waals surface area contributed by atoms with Gasteiger partial charge >= 0.3 is 0 Å². The van der Waals surface area contributed by atoms with Crippen molar-refractivity contribution in [1.29, 1.82) is 0 Å². The number of amidine groups is 1. The Morgan fingerprint density at radius 1 is 1.42 bits per heavy atom. The van der Waals surface area contributed by atoms with Gasteiger partial charge in [-0.15, -0.1) is 10.2 Å². The Balaban J connectivity index is 1.84. The molecule has 2 heterocycles. The summed E-state index contributed by atoms with van der Waals surface area (Å²) in [5.74, 6) is -0.598.